The monoisotopic (exact) mass is 603 g/mol. The van der Waals surface area contributed by atoms with Crippen LogP contribution < -0.4 is 10.6 Å². The second-order valence-corrected chi connectivity index (χ2v) is 11.6. The smallest absolute Gasteiger partial charge is 0.272 e. The molecule has 8 heteroatoms. The number of nitrogens with zero attached hydrogens (tertiary/aromatic N) is 1. The van der Waals surface area contributed by atoms with Crippen molar-refractivity contribution < 1.29 is 18.8 Å². The van der Waals surface area contributed by atoms with Gasteiger partial charge in [-0.05, 0) is 85.9 Å². The zero-order chi connectivity index (χ0) is 30.5. The first-order chi connectivity index (χ1) is 21.5. The minimum absolute atomic E-state index is 0.0452. The Hall–Kier alpha value is -4.95. The lowest BCUT2D eigenvalue weighted by Crippen LogP contribution is -2.30. The Morgan fingerprint density at radius 3 is 2.32 bits per heavy atom. The van der Waals surface area contributed by atoms with Gasteiger partial charge in [0.25, 0.3) is 11.8 Å². The lowest BCUT2D eigenvalue weighted by atomic mass is 9.96. The van der Waals surface area contributed by atoms with Crippen LogP contribution >= 0.6 is 11.8 Å². The van der Waals surface area contributed by atoms with Crippen LogP contribution in [0.2, 0.25) is 0 Å². The van der Waals surface area contributed by atoms with E-state index in [4.69, 9.17) is 0 Å². The molecular weight excluding hydrogens is 573 g/mol. The number of benzene rings is 4. The van der Waals surface area contributed by atoms with E-state index in [1.54, 1.807) is 54.6 Å². The van der Waals surface area contributed by atoms with Gasteiger partial charge >= 0.3 is 0 Å². The van der Waals surface area contributed by atoms with Gasteiger partial charge in [0.15, 0.2) is 0 Å². The number of halogens is 1. The van der Waals surface area contributed by atoms with Crippen molar-refractivity contribution in [1.82, 2.24) is 9.88 Å². The highest BCUT2D eigenvalue weighted by Crippen LogP contribution is 2.33. The first-order valence-electron chi connectivity index (χ1n) is 14.5. The molecule has 0 atom stereocenters. The van der Waals surface area contributed by atoms with Crippen LogP contribution in [0.15, 0.2) is 114 Å². The summed E-state index contributed by atoms with van der Waals surface area (Å²) in [5.41, 5.74) is 4.33. The fourth-order valence-corrected chi connectivity index (χ4v) is 6.26. The van der Waals surface area contributed by atoms with Crippen molar-refractivity contribution in [2.75, 3.05) is 11.1 Å². The zero-order valence-electron chi connectivity index (χ0n) is 23.9. The second-order valence-electron chi connectivity index (χ2n) is 10.5. The van der Waals surface area contributed by atoms with E-state index >= 15 is 0 Å². The molecule has 1 aliphatic rings. The lowest BCUT2D eigenvalue weighted by molar-refractivity contribution is -0.113. The number of fused-ring (bicyclic) bond motifs is 3. The number of carbonyl (C=O) groups excluding carboxylic acids is 3. The van der Waals surface area contributed by atoms with Gasteiger partial charge in [-0.2, -0.15) is 0 Å². The topological polar surface area (TPSA) is 80.2 Å². The Kier molecular flexibility index (Phi) is 8.70. The SMILES string of the molecule is O=C(Nc1ccc(SCC(=O)n2c3c(c4ccccc42)CCCC3)cc1)/C(=C/c1ccccc1F)NC(=O)c1ccccc1. The Labute approximate surface area is 259 Å². The first kappa shape index (κ1) is 29.1. The predicted molar refractivity (Wildman–Crippen MR) is 173 cm³/mol. The number of nitrogens with one attached hydrogen (secondary N) is 2. The van der Waals surface area contributed by atoms with Crippen molar-refractivity contribution in [2.45, 2.75) is 30.6 Å². The number of rotatable bonds is 8. The number of anilines is 1. The van der Waals surface area contributed by atoms with Crippen LogP contribution in [0.25, 0.3) is 17.0 Å². The third-order valence-electron chi connectivity index (χ3n) is 7.64. The van der Waals surface area contributed by atoms with E-state index in [0.29, 0.717) is 11.3 Å². The molecule has 0 aliphatic heterocycles. The van der Waals surface area contributed by atoms with Crippen LogP contribution in [0.5, 0.6) is 0 Å². The van der Waals surface area contributed by atoms with E-state index in [1.165, 1.54) is 40.9 Å². The van der Waals surface area contributed by atoms with Crippen LogP contribution in [0.1, 0.15) is 44.8 Å². The van der Waals surface area contributed by atoms with Crippen molar-refractivity contribution in [3.8, 4) is 0 Å². The molecule has 5 aromatic rings. The normalized spacial score (nSPS) is 12.9. The summed E-state index contributed by atoms with van der Waals surface area (Å²) >= 11 is 1.44. The molecule has 44 heavy (non-hydrogen) atoms. The molecule has 2 N–H and O–H groups in total. The summed E-state index contributed by atoms with van der Waals surface area (Å²) in [4.78, 5) is 40.4. The fourth-order valence-electron chi connectivity index (χ4n) is 5.51. The fraction of sp³-hybridized carbons (Fsp3) is 0.139. The van der Waals surface area contributed by atoms with E-state index in [0.717, 1.165) is 41.8 Å². The molecule has 220 valence electrons. The number of hydrogen-bond donors (Lipinski definition) is 2. The van der Waals surface area contributed by atoms with Crippen LogP contribution in [0, 0.1) is 5.82 Å². The molecule has 2 amide bonds. The number of thioether (sulfide) groups is 1. The average Bonchev–Trinajstić information content (AvgIpc) is 3.40. The average molecular weight is 604 g/mol. The number of aromatic nitrogens is 1. The molecule has 1 aliphatic carbocycles. The molecule has 6 rings (SSSR count). The van der Waals surface area contributed by atoms with Gasteiger partial charge in [0.2, 0.25) is 5.91 Å². The third-order valence-corrected chi connectivity index (χ3v) is 8.63. The summed E-state index contributed by atoms with van der Waals surface area (Å²) in [6, 6.07) is 29.7. The van der Waals surface area contributed by atoms with Crippen LogP contribution in [-0.2, 0) is 17.6 Å². The van der Waals surface area contributed by atoms with Crippen molar-refractivity contribution in [1.29, 1.82) is 0 Å². The lowest BCUT2D eigenvalue weighted by Gasteiger charge is -2.15. The summed E-state index contributed by atoms with van der Waals surface area (Å²) < 4.78 is 16.3. The summed E-state index contributed by atoms with van der Waals surface area (Å²) in [5, 5.41) is 6.57. The highest BCUT2D eigenvalue weighted by molar-refractivity contribution is 8.00. The summed E-state index contributed by atoms with van der Waals surface area (Å²) in [5.74, 6) is -1.29. The molecule has 6 nitrogen and oxygen atoms in total. The largest absolute Gasteiger partial charge is 0.321 e. The van der Waals surface area contributed by atoms with Crippen LogP contribution in [-0.4, -0.2) is 28.0 Å². The van der Waals surface area contributed by atoms with E-state index in [1.807, 2.05) is 34.9 Å². The maximum absolute atomic E-state index is 14.4. The van der Waals surface area contributed by atoms with E-state index in [-0.39, 0.29) is 22.9 Å². The number of carbonyl (C=O) groups is 3. The molecule has 1 heterocycles. The van der Waals surface area contributed by atoms with Crippen LogP contribution in [0.4, 0.5) is 10.1 Å². The molecule has 0 radical (unpaired) electrons. The van der Waals surface area contributed by atoms with E-state index in [9.17, 15) is 18.8 Å². The second kappa shape index (κ2) is 13.1. The number of para-hydroxylation sites is 1. The first-order valence-corrected chi connectivity index (χ1v) is 15.5. The van der Waals surface area contributed by atoms with Gasteiger partial charge in [-0.1, -0.05) is 54.6 Å². The molecule has 0 fully saturated rings. The molecule has 0 bridgehead atoms. The standard InChI is InChI=1S/C36H30FN3O3S/c37-30-15-7-4-12-25(30)22-31(39-35(42)24-10-2-1-3-11-24)36(43)38-26-18-20-27(21-19-26)44-23-34(41)40-32-16-8-5-13-28(32)29-14-6-9-17-33(29)40/h1-5,7-8,10-13,15-16,18-22H,6,9,14,17,23H2,(H,38,43)(H,39,42)/b31-22-. The Morgan fingerprint density at radius 1 is 0.818 bits per heavy atom. The molecule has 0 spiro atoms. The summed E-state index contributed by atoms with van der Waals surface area (Å²) in [6.07, 6.45) is 5.46. The highest BCUT2D eigenvalue weighted by Gasteiger charge is 2.23. The minimum atomic E-state index is -0.600. The summed E-state index contributed by atoms with van der Waals surface area (Å²) in [6.45, 7) is 0. The van der Waals surface area contributed by atoms with Gasteiger partial charge in [0.1, 0.15) is 11.5 Å². The Balaban J connectivity index is 1.15. The van der Waals surface area contributed by atoms with E-state index in [2.05, 4.69) is 16.7 Å². The Morgan fingerprint density at radius 2 is 1.52 bits per heavy atom. The number of aryl methyl sites for hydroxylation is 1. The molecule has 4 aromatic carbocycles. The van der Waals surface area contributed by atoms with Gasteiger partial charge in [-0.15, -0.1) is 11.8 Å². The molecule has 0 saturated carbocycles. The van der Waals surface area contributed by atoms with E-state index < -0.39 is 17.6 Å². The van der Waals surface area contributed by atoms with Gasteiger partial charge in [0, 0.05) is 32.8 Å². The maximum atomic E-state index is 14.4. The maximum Gasteiger partial charge on any atom is 0.272 e. The quantitative estimate of drug-likeness (QED) is 0.142. The summed E-state index contributed by atoms with van der Waals surface area (Å²) in [7, 11) is 0. The molecule has 0 unspecified atom stereocenters. The van der Waals surface area contributed by atoms with Gasteiger partial charge in [-0.25, -0.2) is 4.39 Å². The number of hydrogen-bond acceptors (Lipinski definition) is 4. The van der Waals surface area contributed by atoms with Crippen molar-refractivity contribution in [3.63, 3.8) is 0 Å². The number of amides is 2. The molecule has 1 aromatic heterocycles. The van der Waals surface area contributed by atoms with Crippen molar-refractivity contribution >= 4 is 52.1 Å². The molecule has 0 saturated heterocycles. The minimum Gasteiger partial charge on any atom is -0.321 e. The molecular formula is C36H30FN3O3S. The van der Waals surface area contributed by atoms with Gasteiger partial charge in [-0.3, -0.25) is 19.0 Å². The Bertz CT molecular complexity index is 1880. The zero-order valence-corrected chi connectivity index (χ0v) is 24.7. The third kappa shape index (κ3) is 6.35. The van der Waals surface area contributed by atoms with Gasteiger partial charge < -0.3 is 10.6 Å². The predicted octanol–water partition coefficient (Wildman–Crippen LogP) is 7.50. The van der Waals surface area contributed by atoms with Crippen LogP contribution in [0.3, 0.4) is 0 Å². The van der Waals surface area contributed by atoms with Gasteiger partial charge in [0.05, 0.1) is 11.3 Å². The highest BCUT2D eigenvalue weighted by atomic mass is 32.2. The van der Waals surface area contributed by atoms with Crippen molar-refractivity contribution in [2.24, 2.45) is 0 Å². The van der Waals surface area contributed by atoms with Crippen molar-refractivity contribution in [3.05, 3.63) is 137 Å².